The largest absolute Gasteiger partial charge is 0.493 e. The molecule has 1 aromatic carbocycles. The van der Waals surface area contributed by atoms with E-state index in [1.54, 1.807) is 13.2 Å². The first kappa shape index (κ1) is 14.5. The highest BCUT2D eigenvalue weighted by molar-refractivity contribution is 6.32. The average Bonchev–Trinajstić information content (AvgIpc) is 2.96. The first-order chi connectivity index (χ1) is 9.74. The van der Waals surface area contributed by atoms with Crippen molar-refractivity contribution in [2.45, 2.75) is 6.54 Å². The third-order valence-electron chi connectivity index (χ3n) is 2.62. The van der Waals surface area contributed by atoms with Crippen LogP contribution in [0.2, 0.25) is 5.02 Å². The van der Waals surface area contributed by atoms with Crippen molar-refractivity contribution in [3.8, 4) is 11.5 Å². The fourth-order valence-electron chi connectivity index (χ4n) is 1.72. The Balaban J connectivity index is 2.09. The number of halogens is 1. The Morgan fingerprint density at radius 3 is 3.05 bits per heavy atom. The molecule has 0 bridgehead atoms. The van der Waals surface area contributed by atoms with E-state index in [4.69, 9.17) is 21.1 Å². The number of ether oxygens (including phenoxy) is 2. The zero-order valence-electron chi connectivity index (χ0n) is 11.2. The number of nitrogens with one attached hydrogen (secondary N) is 3. The van der Waals surface area contributed by atoms with Gasteiger partial charge in [-0.2, -0.15) is 0 Å². The Morgan fingerprint density at radius 1 is 1.55 bits per heavy atom. The molecular formula is C13H17ClN4O2. The molecule has 1 aliphatic rings. The van der Waals surface area contributed by atoms with E-state index in [1.165, 1.54) is 0 Å². The Morgan fingerprint density at radius 2 is 2.40 bits per heavy atom. The van der Waals surface area contributed by atoms with Crippen molar-refractivity contribution < 1.29 is 9.47 Å². The highest BCUT2D eigenvalue weighted by Gasteiger charge is 2.12. The van der Waals surface area contributed by atoms with Gasteiger partial charge in [-0.3, -0.25) is 5.43 Å². The molecule has 0 amide bonds. The van der Waals surface area contributed by atoms with Crippen LogP contribution in [-0.2, 0) is 6.54 Å². The van der Waals surface area contributed by atoms with Crippen LogP contribution in [0.3, 0.4) is 0 Å². The van der Waals surface area contributed by atoms with E-state index in [9.17, 15) is 0 Å². The van der Waals surface area contributed by atoms with Gasteiger partial charge in [0.15, 0.2) is 11.5 Å². The quantitative estimate of drug-likeness (QED) is 0.693. The number of methoxy groups -OCH3 is 1. The summed E-state index contributed by atoms with van der Waals surface area (Å²) in [7, 11) is 1.58. The minimum atomic E-state index is 0.375. The molecule has 1 aromatic rings. The van der Waals surface area contributed by atoms with Gasteiger partial charge < -0.3 is 14.8 Å². The Kier molecular flexibility index (Phi) is 5.09. The second kappa shape index (κ2) is 7.02. The third-order valence-corrected chi connectivity index (χ3v) is 2.90. The van der Waals surface area contributed by atoms with Gasteiger partial charge in [0.05, 0.1) is 12.1 Å². The zero-order valence-corrected chi connectivity index (χ0v) is 12.0. The normalized spacial score (nSPS) is 13.4. The molecule has 2 rings (SSSR count). The number of hydrogen-bond acceptors (Lipinski definition) is 6. The van der Waals surface area contributed by atoms with Crippen LogP contribution >= 0.6 is 11.6 Å². The van der Waals surface area contributed by atoms with E-state index in [0.29, 0.717) is 42.3 Å². The van der Waals surface area contributed by atoms with Gasteiger partial charge in [0, 0.05) is 6.54 Å². The predicted octanol–water partition coefficient (Wildman–Crippen LogP) is 1.42. The lowest BCUT2D eigenvalue weighted by Crippen LogP contribution is -2.38. The molecule has 0 spiro atoms. The van der Waals surface area contributed by atoms with Crippen molar-refractivity contribution in [2.75, 3.05) is 20.4 Å². The van der Waals surface area contributed by atoms with Crippen LogP contribution in [0, 0.1) is 0 Å². The summed E-state index contributed by atoms with van der Waals surface area (Å²) in [5.41, 5.74) is 6.74. The van der Waals surface area contributed by atoms with Gasteiger partial charge in [-0.05, 0) is 17.7 Å². The number of hydrogen-bond donors (Lipinski definition) is 3. The van der Waals surface area contributed by atoms with Crippen LogP contribution in [0.15, 0.2) is 29.8 Å². The summed E-state index contributed by atoms with van der Waals surface area (Å²) in [6.07, 6.45) is 1.65. The molecule has 0 atom stereocenters. The summed E-state index contributed by atoms with van der Waals surface area (Å²) in [6.45, 7) is 5.11. The van der Waals surface area contributed by atoms with Crippen molar-refractivity contribution in [1.82, 2.24) is 16.2 Å². The second-order valence-corrected chi connectivity index (χ2v) is 4.44. The summed E-state index contributed by atoms with van der Waals surface area (Å²) < 4.78 is 10.8. The van der Waals surface area contributed by atoms with Crippen LogP contribution in [0.1, 0.15) is 5.56 Å². The fraction of sp³-hybridized carbons (Fsp3) is 0.308. The fourth-order valence-corrected chi connectivity index (χ4v) is 2.01. The van der Waals surface area contributed by atoms with Gasteiger partial charge >= 0.3 is 0 Å². The van der Waals surface area contributed by atoms with Gasteiger partial charge in [-0.25, -0.2) is 10.4 Å². The minimum Gasteiger partial charge on any atom is -0.493 e. The van der Waals surface area contributed by atoms with Crippen LogP contribution in [0.25, 0.3) is 0 Å². The van der Waals surface area contributed by atoms with Gasteiger partial charge in [0.1, 0.15) is 13.3 Å². The van der Waals surface area contributed by atoms with E-state index in [0.717, 1.165) is 5.56 Å². The zero-order chi connectivity index (χ0) is 14.4. The van der Waals surface area contributed by atoms with Gasteiger partial charge in [-0.1, -0.05) is 24.3 Å². The molecule has 108 valence electrons. The number of nitrogens with zero attached hydrogens (tertiary/aromatic N) is 1. The van der Waals surface area contributed by atoms with Crippen molar-refractivity contribution in [1.29, 1.82) is 0 Å². The molecule has 0 radical (unpaired) electrons. The molecule has 0 fully saturated rings. The maximum Gasteiger partial charge on any atom is 0.207 e. The molecule has 6 nitrogen and oxygen atoms in total. The number of hydrazine groups is 1. The van der Waals surface area contributed by atoms with Crippen molar-refractivity contribution in [3.05, 3.63) is 35.4 Å². The topological polar surface area (TPSA) is 66.9 Å². The Hall–Kier alpha value is -1.92. The van der Waals surface area contributed by atoms with Crippen LogP contribution < -0.4 is 25.6 Å². The van der Waals surface area contributed by atoms with E-state index in [2.05, 4.69) is 27.7 Å². The lowest BCUT2D eigenvalue weighted by atomic mass is 10.2. The van der Waals surface area contributed by atoms with Gasteiger partial charge in [0.2, 0.25) is 5.96 Å². The Labute approximate surface area is 122 Å². The third kappa shape index (κ3) is 3.55. The molecule has 20 heavy (non-hydrogen) atoms. The molecule has 0 unspecified atom stereocenters. The summed E-state index contributed by atoms with van der Waals surface area (Å²) in [5, 5.41) is 3.65. The first-order valence-corrected chi connectivity index (χ1v) is 6.49. The highest BCUT2D eigenvalue weighted by Crippen LogP contribution is 2.36. The van der Waals surface area contributed by atoms with Crippen molar-refractivity contribution >= 4 is 17.6 Å². The van der Waals surface area contributed by atoms with Gasteiger partial charge in [-0.15, -0.1) is 0 Å². The molecular weight excluding hydrogens is 280 g/mol. The summed E-state index contributed by atoms with van der Waals surface area (Å²) in [4.78, 5) is 4.16. The van der Waals surface area contributed by atoms with E-state index >= 15 is 0 Å². The smallest absolute Gasteiger partial charge is 0.207 e. The van der Waals surface area contributed by atoms with Gasteiger partial charge in [0.25, 0.3) is 0 Å². The molecule has 0 aliphatic carbocycles. The van der Waals surface area contributed by atoms with E-state index < -0.39 is 0 Å². The van der Waals surface area contributed by atoms with E-state index in [-0.39, 0.29) is 0 Å². The summed E-state index contributed by atoms with van der Waals surface area (Å²) in [6, 6.07) is 3.71. The molecule has 0 aromatic heterocycles. The summed E-state index contributed by atoms with van der Waals surface area (Å²) in [5.74, 6) is 1.82. The molecule has 0 saturated carbocycles. The number of rotatable bonds is 6. The average molecular weight is 297 g/mol. The number of benzene rings is 1. The van der Waals surface area contributed by atoms with Crippen LogP contribution in [0.5, 0.6) is 11.5 Å². The lowest BCUT2D eigenvalue weighted by Gasteiger charge is -2.14. The SMILES string of the molecule is C=CCOc1c(Cl)cc(CNC2=NCNN2)cc1OC. The molecule has 0 saturated heterocycles. The summed E-state index contributed by atoms with van der Waals surface area (Å²) >= 11 is 6.22. The number of guanidine groups is 1. The maximum absolute atomic E-state index is 6.22. The molecule has 3 N–H and O–H groups in total. The van der Waals surface area contributed by atoms with E-state index in [1.807, 2.05) is 12.1 Å². The Bertz CT molecular complexity index is 519. The van der Waals surface area contributed by atoms with Crippen molar-refractivity contribution in [3.63, 3.8) is 0 Å². The molecule has 1 heterocycles. The maximum atomic E-state index is 6.22. The highest BCUT2D eigenvalue weighted by atomic mass is 35.5. The predicted molar refractivity (Wildman–Crippen MR) is 79.1 cm³/mol. The first-order valence-electron chi connectivity index (χ1n) is 6.12. The van der Waals surface area contributed by atoms with Crippen LogP contribution in [0.4, 0.5) is 0 Å². The van der Waals surface area contributed by atoms with Crippen LogP contribution in [-0.4, -0.2) is 26.3 Å². The lowest BCUT2D eigenvalue weighted by molar-refractivity contribution is 0.326. The number of aliphatic imine (C=N–C) groups is 1. The minimum absolute atomic E-state index is 0.375. The standard InChI is InChI=1S/C13H17ClN4O2/c1-3-4-20-12-10(14)5-9(6-11(12)19-2)7-15-13-16-8-17-18-13/h3,5-6,17H,1,4,7-8H2,2H3,(H2,15,16,18). The second-order valence-electron chi connectivity index (χ2n) is 4.03. The molecule has 1 aliphatic heterocycles. The monoisotopic (exact) mass is 296 g/mol. The van der Waals surface area contributed by atoms with Crippen molar-refractivity contribution in [2.24, 2.45) is 4.99 Å². The molecule has 7 heteroatoms.